The average molecular weight is 513 g/mol. The van der Waals surface area contributed by atoms with Crippen molar-refractivity contribution in [3.63, 3.8) is 0 Å². The minimum atomic E-state index is -0.929. The van der Waals surface area contributed by atoms with E-state index in [-0.39, 0.29) is 11.8 Å². The van der Waals surface area contributed by atoms with Gasteiger partial charge in [-0.15, -0.1) is 0 Å². The van der Waals surface area contributed by atoms with Crippen molar-refractivity contribution >= 4 is 12.0 Å². The second kappa shape index (κ2) is 14.2. The number of nitriles is 1. The predicted octanol–water partition coefficient (Wildman–Crippen LogP) is 4.75. The zero-order chi connectivity index (χ0) is 26.7. The SMILES string of the molecule is CCN1CCC(C#N)(NC(=O)[C@H](C[C@H](C)c2ccccc2OC)NC(=O)OCCC2CCCCC2)CC1. The Hall–Kier alpha value is -2.79. The highest BCUT2D eigenvalue weighted by Crippen LogP contribution is 2.30. The number of carbonyl (C=O) groups excluding carboxylic acids is 2. The van der Waals surface area contributed by atoms with Gasteiger partial charge in [-0.3, -0.25) is 4.79 Å². The van der Waals surface area contributed by atoms with Crippen LogP contribution in [-0.4, -0.2) is 61.8 Å². The molecule has 0 unspecified atom stereocenters. The third-order valence-corrected chi connectivity index (χ3v) is 8.08. The second-order valence-electron chi connectivity index (χ2n) is 10.6. The van der Waals surface area contributed by atoms with E-state index in [1.165, 1.54) is 32.1 Å². The van der Waals surface area contributed by atoms with Crippen LogP contribution in [0.2, 0.25) is 0 Å². The molecule has 8 heteroatoms. The zero-order valence-corrected chi connectivity index (χ0v) is 22.8. The van der Waals surface area contributed by atoms with Crippen LogP contribution < -0.4 is 15.4 Å². The van der Waals surface area contributed by atoms with Gasteiger partial charge in [0.05, 0.1) is 19.8 Å². The van der Waals surface area contributed by atoms with Crippen molar-refractivity contribution in [2.75, 3.05) is 33.4 Å². The normalized spacial score (nSPS) is 19.7. The van der Waals surface area contributed by atoms with Gasteiger partial charge in [-0.2, -0.15) is 5.26 Å². The number of ether oxygens (including phenoxy) is 2. The first-order valence-electron chi connectivity index (χ1n) is 13.9. The van der Waals surface area contributed by atoms with Crippen LogP contribution in [0.3, 0.4) is 0 Å². The van der Waals surface area contributed by atoms with Gasteiger partial charge in [0.2, 0.25) is 5.91 Å². The van der Waals surface area contributed by atoms with Crippen molar-refractivity contribution in [2.45, 2.75) is 89.1 Å². The fourth-order valence-corrected chi connectivity index (χ4v) is 5.60. The highest BCUT2D eigenvalue weighted by Gasteiger charge is 2.38. The van der Waals surface area contributed by atoms with Crippen LogP contribution in [0.25, 0.3) is 0 Å². The lowest BCUT2D eigenvalue weighted by atomic mass is 9.87. The van der Waals surface area contributed by atoms with Crippen molar-refractivity contribution in [1.82, 2.24) is 15.5 Å². The molecule has 0 radical (unpaired) electrons. The van der Waals surface area contributed by atoms with E-state index in [0.29, 0.717) is 31.8 Å². The molecule has 2 atom stereocenters. The van der Waals surface area contributed by atoms with Crippen molar-refractivity contribution in [3.8, 4) is 11.8 Å². The summed E-state index contributed by atoms with van der Waals surface area (Å²) in [6.45, 7) is 6.88. The first-order valence-corrected chi connectivity index (χ1v) is 13.9. The molecule has 1 aliphatic carbocycles. The molecule has 2 fully saturated rings. The molecule has 0 bridgehead atoms. The highest BCUT2D eigenvalue weighted by molar-refractivity contribution is 5.86. The lowest BCUT2D eigenvalue weighted by Crippen LogP contribution is -2.59. The van der Waals surface area contributed by atoms with Gasteiger partial charge in [0.25, 0.3) is 0 Å². The molecule has 1 saturated carbocycles. The van der Waals surface area contributed by atoms with E-state index in [1.54, 1.807) is 7.11 Å². The van der Waals surface area contributed by atoms with E-state index in [2.05, 4.69) is 28.5 Å². The Kier molecular flexibility index (Phi) is 11.1. The number of alkyl carbamates (subject to hydrolysis) is 1. The van der Waals surface area contributed by atoms with Crippen LogP contribution in [-0.2, 0) is 9.53 Å². The molecule has 3 rings (SSSR count). The summed E-state index contributed by atoms with van der Waals surface area (Å²) in [6, 6.07) is 9.21. The molecule has 2 amide bonds. The molecule has 0 spiro atoms. The summed E-state index contributed by atoms with van der Waals surface area (Å²) < 4.78 is 11.0. The summed E-state index contributed by atoms with van der Waals surface area (Å²) in [7, 11) is 1.62. The van der Waals surface area contributed by atoms with Crippen LogP contribution in [0.15, 0.2) is 24.3 Å². The summed E-state index contributed by atoms with van der Waals surface area (Å²) in [5, 5.41) is 15.8. The Morgan fingerprint density at radius 3 is 2.54 bits per heavy atom. The molecule has 204 valence electrons. The molecular weight excluding hydrogens is 468 g/mol. The molecule has 1 aromatic carbocycles. The molecule has 1 heterocycles. The number of piperidine rings is 1. The number of benzene rings is 1. The monoisotopic (exact) mass is 512 g/mol. The minimum absolute atomic E-state index is 0.0746. The fraction of sp³-hybridized carbons (Fsp3) is 0.690. The maximum Gasteiger partial charge on any atom is 0.407 e. The number of nitrogens with zero attached hydrogens (tertiary/aromatic N) is 2. The van der Waals surface area contributed by atoms with Crippen LogP contribution in [0.1, 0.15) is 83.1 Å². The summed E-state index contributed by atoms with van der Waals surface area (Å²) in [6.07, 6.45) is 7.91. The van der Waals surface area contributed by atoms with E-state index in [9.17, 15) is 14.9 Å². The second-order valence-corrected chi connectivity index (χ2v) is 10.6. The lowest BCUT2D eigenvalue weighted by molar-refractivity contribution is -0.125. The largest absolute Gasteiger partial charge is 0.496 e. The lowest BCUT2D eigenvalue weighted by Gasteiger charge is -2.38. The number of methoxy groups -OCH3 is 1. The third-order valence-electron chi connectivity index (χ3n) is 8.08. The molecule has 37 heavy (non-hydrogen) atoms. The zero-order valence-electron chi connectivity index (χ0n) is 22.8. The Morgan fingerprint density at radius 1 is 1.19 bits per heavy atom. The van der Waals surface area contributed by atoms with Gasteiger partial charge in [0.15, 0.2) is 0 Å². The number of para-hydroxylation sites is 1. The quantitative estimate of drug-likeness (QED) is 0.444. The van der Waals surface area contributed by atoms with Gasteiger partial charge in [0, 0.05) is 13.1 Å². The van der Waals surface area contributed by atoms with Crippen LogP contribution in [0.4, 0.5) is 4.79 Å². The number of carbonyl (C=O) groups is 2. The highest BCUT2D eigenvalue weighted by atomic mass is 16.5. The van der Waals surface area contributed by atoms with Crippen LogP contribution >= 0.6 is 0 Å². The first kappa shape index (κ1) is 28.8. The Bertz CT molecular complexity index is 917. The molecule has 1 saturated heterocycles. The van der Waals surface area contributed by atoms with E-state index < -0.39 is 17.7 Å². The topological polar surface area (TPSA) is 104 Å². The number of hydrogen-bond donors (Lipinski definition) is 2. The Labute approximate surface area is 222 Å². The molecular formula is C29H44N4O4. The van der Waals surface area contributed by atoms with E-state index in [0.717, 1.165) is 37.4 Å². The van der Waals surface area contributed by atoms with Crippen molar-refractivity contribution < 1.29 is 19.1 Å². The molecule has 0 aromatic heterocycles. The van der Waals surface area contributed by atoms with E-state index in [1.807, 2.05) is 31.2 Å². The summed E-state index contributed by atoms with van der Waals surface area (Å²) >= 11 is 0. The van der Waals surface area contributed by atoms with Crippen LogP contribution in [0.5, 0.6) is 5.75 Å². The Balaban J connectivity index is 1.66. The van der Waals surface area contributed by atoms with Gasteiger partial charge >= 0.3 is 6.09 Å². The third kappa shape index (κ3) is 8.36. The molecule has 2 N–H and O–H groups in total. The molecule has 8 nitrogen and oxygen atoms in total. The number of nitrogens with one attached hydrogen (secondary N) is 2. The summed E-state index contributed by atoms with van der Waals surface area (Å²) in [5.74, 6) is 0.923. The van der Waals surface area contributed by atoms with Crippen molar-refractivity contribution in [1.29, 1.82) is 5.26 Å². The van der Waals surface area contributed by atoms with Crippen LogP contribution in [0, 0.1) is 17.2 Å². The number of likely N-dealkylation sites (tertiary alicyclic amines) is 1. The maximum atomic E-state index is 13.5. The van der Waals surface area contributed by atoms with Crippen molar-refractivity contribution in [2.24, 2.45) is 5.92 Å². The standard InChI is InChI=1S/C29H44N4O4/c1-4-33-17-15-29(21-30,16-18-33)32-27(34)25(20-22(2)24-12-8-9-13-26(24)36-3)31-28(35)37-19-14-23-10-6-5-7-11-23/h8-9,12-13,22-23,25H,4-7,10-11,14-20H2,1-3H3,(H,31,35)(H,32,34)/t22-,25-/m0/s1. The van der Waals surface area contributed by atoms with E-state index >= 15 is 0 Å². The summed E-state index contributed by atoms with van der Waals surface area (Å²) in [4.78, 5) is 28.6. The smallest absolute Gasteiger partial charge is 0.407 e. The molecule has 1 aromatic rings. The van der Waals surface area contributed by atoms with E-state index in [4.69, 9.17) is 9.47 Å². The van der Waals surface area contributed by atoms with Gasteiger partial charge in [-0.25, -0.2) is 4.79 Å². The molecule has 1 aliphatic heterocycles. The maximum absolute atomic E-state index is 13.5. The van der Waals surface area contributed by atoms with Crippen molar-refractivity contribution in [3.05, 3.63) is 29.8 Å². The van der Waals surface area contributed by atoms with Gasteiger partial charge in [-0.1, -0.05) is 64.2 Å². The molecule has 2 aliphatic rings. The average Bonchev–Trinajstić information content (AvgIpc) is 2.93. The van der Waals surface area contributed by atoms with Gasteiger partial charge in [-0.05, 0) is 55.7 Å². The first-order chi connectivity index (χ1) is 17.9. The fourth-order valence-electron chi connectivity index (χ4n) is 5.60. The minimum Gasteiger partial charge on any atom is -0.496 e. The number of amides is 2. The predicted molar refractivity (Wildman–Crippen MR) is 143 cm³/mol. The van der Waals surface area contributed by atoms with Gasteiger partial charge in [0.1, 0.15) is 17.3 Å². The Morgan fingerprint density at radius 2 is 1.89 bits per heavy atom. The number of rotatable bonds is 11. The summed E-state index contributed by atoms with van der Waals surface area (Å²) in [5.41, 5.74) is 0.0304. The van der Waals surface area contributed by atoms with Gasteiger partial charge < -0.3 is 25.0 Å². The number of hydrogen-bond acceptors (Lipinski definition) is 6.